The Labute approximate surface area is 155 Å². The van der Waals surface area contributed by atoms with E-state index in [2.05, 4.69) is 6.92 Å². The van der Waals surface area contributed by atoms with Crippen LogP contribution in [-0.2, 0) is 11.3 Å². The van der Waals surface area contributed by atoms with Crippen LogP contribution in [0.2, 0.25) is 0 Å². The largest absolute Gasteiger partial charge is 0.507 e. The van der Waals surface area contributed by atoms with Crippen LogP contribution in [0, 0.1) is 0 Å². The van der Waals surface area contributed by atoms with Crippen molar-refractivity contribution in [3.8, 4) is 11.5 Å². The molecule has 4 nitrogen and oxygen atoms in total. The van der Waals surface area contributed by atoms with Gasteiger partial charge in [-0.15, -0.1) is 0 Å². The van der Waals surface area contributed by atoms with E-state index in [-0.39, 0.29) is 17.4 Å². The predicted octanol–water partition coefficient (Wildman–Crippen LogP) is 5.49. The van der Waals surface area contributed by atoms with Gasteiger partial charge in [0.1, 0.15) is 23.7 Å². The van der Waals surface area contributed by atoms with Gasteiger partial charge in [-0.25, -0.2) is 4.79 Å². The minimum atomic E-state index is -0.500. The van der Waals surface area contributed by atoms with E-state index in [1.165, 1.54) is 18.9 Å². The molecular weight excluding hydrogens is 328 g/mol. The van der Waals surface area contributed by atoms with Crippen LogP contribution in [-0.4, -0.2) is 17.2 Å². The number of carbonyl (C=O) groups is 1. The molecule has 1 unspecified atom stereocenters. The van der Waals surface area contributed by atoms with Crippen LogP contribution in [0.15, 0.2) is 48.5 Å². The number of hydrogen-bond donors (Lipinski definition) is 1. The molecule has 0 radical (unpaired) electrons. The average molecular weight is 356 g/mol. The first-order valence-electron chi connectivity index (χ1n) is 9.31. The highest BCUT2D eigenvalue weighted by Crippen LogP contribution is 2.25. The normalized spacial score (nSPS) is 11.8. The summed E-state index contributed by atoms with van der Waals surface area (Å²) < 4.78 is 11.1. The minimum Gasteiger partial charge on any atom is -0.507 e. The average Bonchev–Trinajstić information content (AvgIpc) is 2.64. The molecule has 0 saturated heterocycles. The second-order valence-corrected chi connectivity index (χ2v) is 6.52. The molecule has 0 aromatic heterocycles. The van der Waals surface area contributed by atoms with Gasteiger partial charge in [-0.1, -0.05) is 56.5 Å². The number of aromatic hydroxyl groups is 1. The van der Waals surface area contributed by atoms with Gasteiger partial charge in [0.2, 0.25) is 0 Å². The van der Waals surface area contributed by atoms with Crippen molar-refractivity contribution < 1.29 is 19.4 Å². The van der Waals surface area contributed by atoms with E-state index >= 15 is 0 Å². The third kappa shape index (κ3) is 6.43. The molecule has 140 valence electrons. The summed E-state index contributed by atoms with van der Waals surface area (Å²) >= 11 is 0. The number of unbranched alkanes of at least 4 members (excludes halogenated alkanes) is 3. The lowest BCUT2D eigenvalue weighted by molar-refractivity contribution is 0.0316. The third-order valence-corrected chi connectivity index (χ3v) is 4.21. The van der Waals surface area contributed by atoms with Crippen LogP contribution in [0.1, 0.15) is 61.9 Å². The molecule has 26 heavy (non-hydrogen) atoms. The lowest BCUT2D eigenvalue weighted by Gasteiger charge is -2.14. The van der Waals surface area contributed by atoms with Crippen molar-refractivity contribution in [1.82, 2.24) is 0 Å². The van der Waals surface area contributed by atoms with Gasteiger partial charge in [-0.3, -0.25) is 0 Å². The fourth-order valence-electron chi connectivity index (χ4n) is 2.68. The number of hydrogen-bond acceptors (Lipinski definition) is 4. The number of phenols is 1. The van der Waals surface area contributed by atoms with Crippen molar-refractivity contribution in [3.05, 3.63) is 59.7 Å². The number of benzene rings is 2. The Balaban J connectivity index is 1.86. The van der Waals surface area contributed by atoms with Crippen molar-refractivity contribution in [3.63, 3.8) is 0 Å². The maximum Gasteiger partial charge on any atom is 0.342 e. The first kappa shape index (κ1) is 19.8. The Kier molecular flexibility index (Phi) is 8.00. The topological polar surface area (TPSA) is 55.8 Å². The summed E-state index contributed by atoms with van der Waals surface area (Å²) in [6.45, 7) is 4.45. The summed E-state index contributed by atoms with van der Waals surface area (Å²) in [7, 11) is 0. The van der Waals surface area contributed by atoms with E-state index in [1.54, 1.807) is 12.1 Å². The highest BCUT2D eigenvalue weighted by atomic mass is 16.5. The molecule has 0 fully saturated rings. The van der Waals surface area contributed by atoms with Gasteiger partial charge in [0.05, 0.1) is 6.10 Å². The van der Waals surface area contributed by atoms with Crippen molar-refractivity contribution in [2.45, 2.75) is 58.7 Å². The molecule has 4 heteroatoms. The van der Waals surface area contributed by atoms with E-state index in [9.17, 15) is 9.90 Å². The van der Waals surface area contributed by atoms with Gasteiger partial charge in [-0.2, -0.15) is 0 Å². The second-order valence-electron chi connectivity index (χ2n) is 6.52. The lowest BCUT2D eigenvalue weighted by atomic mass is 10.1. The fraction of sp³-hybridized carbons (Fsp3) is 0.409. The van der Waals surface area contributed by atoms with Crippen LogP contribution in [0.4, 0.5) is 0 Å². The standard InChI is InChI=1S/C22H28O4/c1-3-4-5-7-10-17(2)26-22(24)20-14-13-19(15-21(20)23)25-16-18-11-8-6-9-12-18/h6,8-9,11-15,17,23H,3-5,7,10,16H2,1-2H3. The lowest BCUT2D eigenvalue weighted by Crippen LogP contribution is -2.15. The molecular formula is C22H28O4. The quantitative estimate of drug-likeness (QED) is 0.452. The van der Waals surface area contributed by atoms with Crippen molar-refractivity contribution in [1.29, 1.82) is 0 Å². The summed E-state index contributed by atoms with van der Waals surface area (Å²) in [5.41, 5.74) is 1.20. The molecule has 0 aliphatic carbocycles. The highest BCUT2D eigenvalue weighted by molar-refractivity contribution is 5.92. The van der Waals surface area contributed by atoms with Crippen LogP contribution < -0.4 is 4.74 Å². The predicted molar refractivity (Wildman–Crippen MR) is 103 cm³/mol. The minimum absolute atomic E-state index is 0.126. The highest BCUT2D eigenvalue weighted by Gasteiger charge is 2.16. The zero-order chi connectivity index (χ0) is 18.8. The summed E-state index contributed by atoms with van der Waals surface area (Å²) in [4.78, 5) is 12.2. The van der Waals surface area contributed by atoms with Crippen LogP contribution in [0.3, 0.4) is 0 Å². The fourth-order valence-corrected chi connectivity index (χ4v) is 2.68. The molecule has 2 aromatic rings. The van der Waals surface area contributed by atoms with E-state index in [0.717, 1.165) is 24.8 Å². The molecule has 2 rings (SSSR count). The van der Waals surface area contributed by atoms with Gasteiger partial charge in [0.25, 0.3) is 0 Å². The molecule has 2 aromatic carbocycles. The molecule has 0 aliphatic rings. The van der Waals surface area contributed by atoms with Crippen molar-refractivity contribution in [2.24, 2.45) is 0 Å². The SMILES string of the molecule is CCCCCCC(C)OC(=O)c1ccc(OCc2ccccc2)cc1O. The van der Waals surface area contributed by atoms with Crippen LogP contribution in [0.5, 0.6) is 11.5 Å². The van der Waals surface area contributed by atoms with Crippen molar-refractivity contribution in [2.75, 3.05) is 0 Å². The number of rotatable bonds is 10. The number of ether oxygens (including phenoxy) is 2. The Morgan fingerprint density at radius 3 is 2.54 bits per heavy atom. The smallest absolute Gasteiger partial charge is 0.342 e. The molecule has 0 amide bonds. The van der Waals surface area contributed by atoms with Crippen LogP contribution in [0.25, 0.3) is 0 Å². The summed E-state index contributed by atoms with van der Waals surface area (Å²) in [5.74, 6) is -0.116. The van der Waals surface area contributed by atoms with Gasteiger partial charge in [0, 0.05) is 6.07 Å². The molecule has 0 spiro atoms. The Morgan fingerprint density at radius 2 is 1.85 bits per heavy atom. The Hall–Kier alpha value is -2.49. The zero-order valence-electron chi connectivity index (χ0n) is 15.6. The maximum atomic E-state index is 12.2. The molecule has 1 N–H and O–H groups in total. The van der Waals surface area contributed by atoms with Crippen LogP contribution >= 0.6 is 0 Å². The van der Waals surface area contributed by atoms with E-state index in [0.29, 0.717) is 12.4 Å². The molecule has 0 saturated carbocycles. The van der Waals surface area contributed by atoms with E-state index in [4.69, 9.17) is 9.47 Å². The first-order chi connectivity index (χ1) is 12.6. The molecule has 0 bridgehead atoms. The van der Waals surface area contributed by atoms with Gasteiger partial charge in [0.15, 0.2) is 0 Å². The second kappa shape index (κ2) is 10.5. The summed E-state index contributed by atoms with van der Waals surface area (Å²) in [6, 6.07) is 14.4. The maximum absolute atomic E-state index is 12.2. The number of esters is 1. The van der Waals surface area contributed by atoms with Gasteiger partial charge < -0.3 is 14.6 Å². The number of phenolic OH excluding ortho intramolecular Hbond substituents is 1. The summed E-state index contributed by atoms with van der Waals surface area (Å²) in [5, 5.41) is 10.1. The van der Waals surface area contributed by atoms with Crippen molar-refractivity contribution >= 4 is 5.97 Å². The van der Waals surface area contributed by atoms with E-state index in [1.807, 2.05) is 37.3 Å². The Morgan fingerprint density at radius 1 is 1.08 bits per heavy atom. The molecule has 1 atom stereocenters. The summed E-state index contributed by atoms with van der Waals surface area (Å²) in [6.07, 6.45) is 5.25. The Bertz CT molecular complexity index is 682. The first-order valence-corrected chi connectivity index (χ1v) is 9.31. The van der Waals surface area contributed by atoms with Gasteiger partial charge in [-0.05, 0) is 37.5 Å². The zero-order valence-corrected chi connectivity index (χ0v) is 15.6. The molecule has 0 heterocycles. The van der Waals surface area contributed by atoms with Gasteiger partial charge >= 0.3 is 5.97 Å². The monoisotopic (exact) mass is 356 g/mol. The molecule has 0 aliphatic heterocycles. The third-order valence-electron chi connectivity index (χ3n) is 4.21. The van der Waals surface area contributed by atoms with E-state index < -0.39 is 5.97 Å². The number of carbonyl (C=O) groups excluding carboxylic acids is 1.